The second-order valence-corrected chi connectivity index (χ2v) is 5.49. The molecule has 2 aromatic rings. The van der Waals surface area contributed by atoms with Crippen LogP contribution in [0, 0.1) is 0 Å². The Balaban J connectivity index is 1.85. The van der Waals surface area contributed by atoms with Gasteiger partial charge in [-0.15, -0.1) is 0 Å². The lowest BCUT2D eigenvalue weighted by molar-refractivity contribution is -0.116. The summed E-state index contributed by atoms with van der Waals surface area (Å²) < 4.78 is 0. The minimum Gasteiger partial charge on any atom is -0.387 e. The molecule has 2 rings (SSSR count). The largest absolute Gasteiger partial charge is 0.387 e. The monoisotopic (exact) mass is 310 g/mol. The average molecular weight is 310 g/mol. The fourth-order valence-electron chi connectivity index (χ4n) is 2.10. The van der Waals surface area contributed by atoms with Gasteiger partial charge in [-0.2, -0.15) is 0 Å². The van der Waals surface area contributed by atoms with Crippen molar-refractivity contribution in [2.75, 3.05) is 25.5 Å². The molecule has 4 heteroatoms. The van der Waals surface area contributed by atoms with Gasteiger partial charge in [0.25, 0.3) is 0 Å². The van der Waals surface area contributed by atoms with E-state index in [1.807, 2.05) is 73.6 Å². The highest BCUT2D eigenvalue weighted by Crippen LogP contribution is 2.17. The zero-order chi connectivity index (χ0) is 16.7. The molecule has 1 amide bonds. The van der Waals surface area contributed by atoms with Gasteiger partial charge < -0.3 is 15.3 Å². The van der Waals surface area contributed by atoms with E-state index in [0.29, 0.717) is 0 Å². The van der Waals surface area contributed by atoms with Gasteiger partial charge in [0.1, 0.15) is 0 Å². The molecule has 0 aliphatic carbocycles. The molecule has 2 aromatic carbocycles. The minimum absolute atomic E-state index is 0.180. The van der Waals surface area contributed by atoms with Gasteiger partial charge in [0.05, 0.1) is 6.10 Å². The molecule has 2 N–H and O–H groups in total. The molecule has 0 radical (unpaired) electrons. The number of benzene rings is 2. The highest BCUT2D eigenvalue weighted by molar-refractivity contribution is 5.91. The first-order chi connectivity index (χ1) is 11.1. The van der Waals surface area contributed by atoms with Crippen LogP contribution in [0.5, 0.6) is 0 Å². The number of aliphatic hydroxyl groups excluding tert-OH is 1. The maximum atomic E-state index is 11.8. The second kappa shape index (κ2) is 8.15. The molecular formula is C19H22N2O2. The average Bonchev–Trinajstić information content (AvgIpc) is 2.58. The number of hydrogen-bond donors (Lipinski definition) is 2. The highest BCUT2D eigenvalue weighted by atomic mass is 16.3. The summed E-state index contributed by atoms with van der Waals surface area (Å²) in [6.45, 7) is 0.180. The van der Waals surface area contributed by atoms with Crippen molar-refractivity contribution in [3.63, 3.8) is 0 Å². The summed E-state index contributed by atoms with van der Waals surface area (Å²) in [4.78, 5) is 13.8. The molecule has 0 fully saturated rings. The molecule has 0 saturated heterocycles. The molecule has 0 spiro atoms. The Hall–Kier alpha value is -2.59. The van der Waals surface area contributed by atoms with Gasteiger partial charge >= 0.3 is 0 Å². The molecule has 0 aliphatic rings. The van der Waals surface area contributed by atoms with Crippen molar-refractivity contribution in [3.05, 3.63) is 71.8 Å². The molecule has 0 bridgehead atoms. The van der Waals surface area contributed by atoms with Crippen LogP contribution in [0.1, 0.15) is 17.2 Å². The third-order valence-electron chi connectivity index (χ3n) is 3.49. The first kappa shape index (κ1) is 16.8. The third-order valence-corrected chi connectivity index (χ3v) is 3.49. The quantitative estimate of drug-likeness (QED) is 0.807. The van der Waals surface area contributed by atoms with E-state index >= 15 is 0 Å². The number of aliphatic hydroxyl groups is 1. The minimum atomic E-state index is -0.722. The molecule has 120 valence electrons. The lowest BCUT2D eigenvalue weighted by atomic mass is 10.1. The van der Waals surface area contributed by atoms with Crippen LogP contribution in [0.4, 0.5) is 5.69 Å². The van der Waals surface area contributed by atoms with E-state index in [1.165, 1.54) is 6.08 Å². The van der Waals surface area contributed by atoms with Gasteiger partial charge in [-0.25, -0.2) is 0 Å². The van der Waals surface area contributed by atoms with Crippen molar-refractivity contribution in [1.29, 1.82) is 0 Å². The zero-order valence-electron chi connectivity index (χ0n) is 13.4. The summed E-state index contributed by atoms with van der Waals surface area (Å²) in [5.74, 6) is -0.224. The number of nitrogens with zero attached hydrogens (tertiary/aromatic N) is 1. The maximum absolute atomic E-state index is 11.8. The standard InChI is InChI=1S/C19H22N2O2/c1-21(2)17-11-9-16(10-12-17)18(22)14-20-19(23)13-8-15-6-4-3-5-7-15/h3-13,18,22H,14H2,1-2H3,(H,20,23)/b13-8+/t18-/m1/s1. The van der Waals surface area contributed by atoms with Crippen molar-refractivity contribution in [2.24, 2.45) is 0 Å². The predicted molar refractivity (Wildman–Crippen MR) is 94.2 cm³/mol. The molecule has 0 unspecified atom stereocenters. The van der Waals surface area contributed by atoms with Crippen LogP contribution in [0.2, 0.25) is 0 Å². The van der Waals surface area contributed by atoms with E-state index in [0.717, 1.165) is 16.8 Å². The van der Waals surface area contributed by atoms with Gasteiger partial charge in [0, 0.05) is 32.4 Å². The smallest absolute Gasteiger partial charge is 0.244 e. The molecule has 0 saturated carbocycles. The van der Waals surface area contributed by atoms with Gasteiger partial charge in [-0.3, -0.25) is 4.79 Å². The summed E-state index contributed by atoms with van der Waals surface area (Å²) in [6.07, 6.45) is 2.49. The van der Waals surface area contributed by atoms with Crippen LogP contribution in [0.25, 0.3) is 6.08 Å². The molecule has 23 heavy (non-hydrogen) atoms. The third kappa shape index (κ3) is 5.27. The van der Waals surface area contributed by atoms with Crippen molar-refractivity contribution < 1.29 is 9.90 Å². The fraction of sp³-hybridized carbons (Fsp3) is 0.211. The molecule has 0 aliphatic heterocycles. The van der Waals surface area contributed by atoms with Crippen LogP contribution < -0.4 is 10.2 Å². The summed E-state index contributed by atoms with van der Waals surface area (Å²) in [6, 6.07) is 17.2. The normalized spacial score (nSPS) is 12.1. The number of hydrogen-bond acceptors (Lipinski definition) is 3. The Labute approximate surface area is 137 Å². The molecule has 4 nitrogen and oxygen atoms in total. The Morgan fingerprint density at radius 3 is 2.39 bits per heavy atom. The maximum Gasteiger partial charge on any atom is 0.244 e. The van der Waals surface area contributed by atoms with Crippen molar-refractivity contribution in [2.45, 2.75) is 6.10 Å². The predicted octanol–water partition coefficient (Wildman–Crippen LogP) is 2.62. The lowest BCUT2D eigenvalue weighted by Crippen LogP contribution is -2.26. The van der Waals surface area contributed by atoms with Crippen LogP contribution in [0.15, 0.2) is 60.7 Å². The summed E-state index contributed by atoms with van der Waals surface area (Å²) in [5, 5.41) is 12.8. The van der Waals surface area contributed by atoms with E-state index in [-0.39, 0.29) is 12.5 Å². The molecule has 0 aromatic heterocycles. The number of carbonyl (C=O) groups excluding carboxylic acids is 1. The SMILES string of the molecule is CN(C)c1ccc([C@H](O)CNC(=O)/C=C/c2ccccc2)cc1. The fourth-order valence-corrected chi connectivity index (χ4v) is 2.10. The Bertz CT molecular complexity index is 649. The van der Waals surface area contributed by atoms with Gasteiger partial charge in [-0.1, -0.05) is 42.5 Å². The second-order valence-electron chi connectivity index (χ2n) is 5.49. The van der Waals surface area contributed by atoms with E-state index < -0.39 is 6.10 Å². The van der Waals surface area contributed by atoms with E-state index in [4.69, 9.17) is 0 Å². The molecule has 0 heterocycles. The van der Waals surface area contributed by atoms with E-state index in [1.54, 1.807) is 6.08 Å². The lowest BCUT2D eigenvalue weighted by Gasteiger charge is -2.15. The van der Waals surface area contributed by atoms with Gasteiger partial charge in [0.2, 0.25) is 5.91 Å². The van der Waals surface area contributed by atoms with Crippen LogP contribution in [-0.4, -0.2) is 31.7 Å². The number of rotatable bonds is 6. The number of amides is 1. The van der Waals surface area contributed by atoms with E-state index in [2.05, 4.69) is 5.32 Å². The van der Waals surface area contributed by atoms with E-state index in [9.17, 15) is 9.90 Å². The Kier molecular flexibility index (Phi) is 5.94. The van der Waals surface area contributed by atoms with Gasteiger partial charge in [0.15, 0.2) is 0 Å². The summed E-state index contributed by atoms with van der Waals surface area (Å²) in [7, 11) is 3.93. The van der Waals surface area contributed by atoms with Crippen molar-refractivity contribution in [1.82, 2.24) is 5.32 Å². The molecular weight excluding hydrogens is 288 g/mol. The Morgan fingerprint density at radius 1 is 1.13 bits per heavy atom. The topological polar surface area (TPSA) is 52.6 Å². The van der Waals surface area contributed by atoms with Crippen molar-refractivity contribution in [3.8, 4) is 0 Å². The van der Waals surface area contributed by atoms with Crippen LogP contribution in [-0.2, 0) is 4.79 Å². The number of carbonyl (C=O) groups is 1. The Morgan fingerprint density at radius 2 is 1.78 bits per heavy atom. The zero-order valence-corrected chi connectivity index (χ0v) is 13.4. The van der Waals surface area contributed by atoms with Gasteiger partial charge in [-0.05, 0) is 29.3 Å². The molecule has 1 atom stereocenters. The first-order valence-corrected chi connectivity index (χ1v) is 7.52. The van der Waals surface area contributed by atoms with Crippen molar-refractivity contribution >= 4 is 17.7 Å². The van der Waals surface area contributed by atoms with Crippen LogP contribution in [0.3, 0.4) is 0 Å². The number of nitrogens with one attached hydrogen (secondary N) is 1. The highest BCUT2D eigenvalue weighted by Gasteiger charge is 2.08. The summed E-state index contributed by atoms with van der Waals surface area (Å²) in [5.41, 5.74) is 2.81. The summed E-state index contributed by atoms with van der Waals surface area (Å²) >= 11 is 0. The number of anilines is 1. The van der Waals surface area contributed by atoms with Crippen LogP contribution >= 0.6 is 0 Å². The first-order valence-electron chi connectivity index (χ1n) is 7.52.